The Morgan fingerprint density at radius 2 is 1.93 bits per heavy atom. The molecule has 0 saturated heterocycles. The van der Waals surface area contributed by atoms with Crippen molar-refractivity contribution < 1.29 is 9.53 Å². The average molecular weight is 406 g/mol. The Balaban J connectivity index is 1.45. The van der Waals surface area contributed by atoms with Crippen molar-refractivity contribution in [3.63, 3.8) is 0 Å². The lowest BCUT2D eigenvalue weighted by Crippen LogP contribution is -2.13. The largest absolute Gasteiger partial charge is 0.497 e. The van der Waals surface area contributed by atoms with Gasteiger partial charge in [0.05, 0.1) is 23.0 Å². The van der Waals surface area contributed by atoms with Crippen LogP contribution in [0.5, 0.6) is 5.75 Å². The van der Waals surface area contributed by atoms with E-state index in [-0.39, 0.29) is 5.91 Å². The van der Waals surface area contributed by atoms with E-state index in [1.54, 1.807) is 7.11 Å². The van der Waals surface area contributed by atoms with Gasteiger partial charge in [-0.1, -0.05) is 23.5 Å². The van der Waals surface area contributed by atoms with Crippen LogP contribution in [0.25, 0.3) is 26.4 Å². The van der Waals surface area contributed by atoms with Crippen LogP contribution in [0.3, 0.4) is 0 Å². The number of benzene rings is 2. The highest BCUT2D eigenvalue weighted by Gasteiger charge is 2.17. The minimum Gasteiger partial charge on any atom is -0.497 e. The maximum atomic E-state index is 12.8. The van der Waals surface area contributed by atoms with Gasteiger partial charge in [-0.05, 0) is 36.4 Å². The number of ether oxygens (including phenoxy) is 1. The molecule has 0 aliphatic heterocycles. The number of para-hydroxylation sites is 1. The fourth-order valence-corrected chi connectivity index (χ4v) is 4.65. The first-order chi connectivity index (χ1) is 13.7. The number of methoxy groups -OCH3 is 1. The van der Waals surface area contributed by atoms with Gasteiger partial charge in [0.15, 0.2) is 10.1 Å². The minimum absolute atomic E-state index is 0.205. The zero-order chi connectivity index (χ0) is 19.1. The molecule has 0 aliphatic rings. The summed E-state index contributed by atoms with van der Waals surface area (Å²) in [5.41, 5.74) is 3.19. The molecule has 138 valence electrons. The summed E-state index contributed by atoms with van der Waals surface area (Å²) in [6.07, 6.45) is 1.88. The fourth-order valence-electron chi connectivity index (χ4n) is 2.93. The molecule has 0 spiro atoms. The summed E-state index contributed by atoms with van der Waals surface area (Å²) in [5, 5.41) is 5.29. The lowest BCUT2D eigenvalue weighted by atomic mass is 10.2. The molecule has 5 rings (SSSR count). The number of nitrogens with zero attached hydrogens (tertiary/aromatic N) is 3. The van der Waals surface area contributed by atoms with Crippen LogP contribution in [-0.4, -0.2) is 27.4 Å². The second-order valence-corrected chi connectivity index (χ2v) is 7.94. The monoisotopic (exact) mass is 406 g/mol. The second-order valence-electron chi connectivity index (χ2n) is 6.07. The van der Waals surface area contributed by atoms with Crippen molar-refractivity contribution in [3.05, 3.63) is 65.8 Å². The molecular formula is C20H14N4O2S2. The fraction of sp³-hybridized carbons (Fsp3) is 0.0500. The van der Waals surface area contributed by atoms with Gasteiger partial charge in [-0.3, -0.25) is 14.5 Å². The van der Waals surface area contributed by atoms with Crippen molar-refractivity contribution in [2.45, 2.75) is 0 Å². The number of amides is 1. The molecule has 3 aromatic heterocycles. The molecule has 2 aromatic carbocycles. The summed E-state index contributed by atoms with van der Waals surface area (Å²) >= 11 is 2.89. The van der Waals surface area contributed by atoms with Crippen LogP contribution in [0.4, 0.5) is 5.13 Å². The highest BCUT2D eigenvalue weighted by atomic mass is 32.1. The van der Waals surface area contributed by atoms with E-state index >= 15 is 0 Å². The van der Waals surface area contributed by atoms with E-state index in [4.69, 9.17) is 4.74 Å². The van der Waals surface area contributed by atoms with E-state index in [0.717, 1.165) is 32.2 Å². The van der Waals surface area contributed by atoms with Crippen LogP contribution in [0.2, 0.25) is 0 Å². The molecule has 0 unspecified atom stereocenters. The molecule has 8 heteroatoms. The smallest absolute Gasteiger partial charge is 0.275 e. The van der Waals surface area contributed by atoms with Gasteiger partial charge in [0.1, 0.15) is 11.4 Å². The van der Waals surface area contributed by atoms with Gasteiger partial charge in [0.2, 0.25) is 0 Å². The van der Waals surface area contributed by atoms with Crippen LogP contribution in [-0.2, 0) is 0 Å². The zero-order valence-electron chi connectivity index (χ0n) is 14.7. The number of rotatable bonds is 4. The topological polar surface area (TPSA) is 68.5 Å². The number of nitrogens with one attached hydrogen (secondary N) is 1. The Morgan fingerprint density at radius 3 is 2.71 bits per heavy atom. The Bertz CT molecular complexity index is 1270. The predicted octanol–water partition coefficient (Wildman–Crippen LogP) is 4.93. The van der Waals surface area contributed by atoms with Crippen LogP contribution < -0.4 is 10.1 Å². The molecule has 0 fully saturated rings. The number of imidazole rings is 1. The molecule has 0 saturated carbocycles. The third kappa shape index (κ3) is 2.92. The molecule has 1 amide bonds. The molecule has 0 aliphatic carbocycles. The Morgan fingerprint density at radius 1 is 1.11 bits per heavy atom. The molecule has 6 nitrogen and oxygen atoms in total. The SMILES string of the molecule is COc1ccc(-c2cn3c(C(=O)Nc4nc5ccccc5s4)csc3n2)cc1. The molecule has 3 heterocycles. The first-order valence-electron chi connectivity index (χ1n) is 8.49. The molecule has 5 aromatic rings. The maximum absolute atomic E-state index is 12.8. The predicted molar refractivity (Wildman–Crippen MR) is 113 cm³/mol. The van der Waals surface area contributed by atoms with Crippen molar-refractivity contribution in [1.82, 2.24) is 14.4 Å². The van der Waals surface area contributed by atoms with Crippen LogP contribution in [0.1, 0.15) is 10.5 Å². The van der Waals surface area contributed by atoms with Crippen molar-refractivity contribution in [3.8, 4) is 17.0 Å². The van der Waals surface area contributed by atoms with Crippen molar-refractivity contribution in [2.75, 3.05) is 12.4 Å². The second kappa shape index (κ2) is 6.74. The van der Waals surface area contributed by atoms with E-state index < -0.39 is 0 Å². The summed E-state index contributed by atoms with van der Waals surface area (Å²) in [4.78, 5) is 22.7. The summed E-state index contributed by atoms with van der Waals surface area (Å²) in [5.74, 6) is 0.588. The summed E-state index contributed by atoms with van der Waals surface area (Å²) in [6, 6.07) is 15.5. The van der Waals surface area contributed by atoms with Crippen LogP contribution in [0, 0.1) is 0 Å². The molecular weight excluding hydrogens is 392 g/mol. The third-order valence-electron chi connectivity index (χ3n) is 4.34. The summed E-state index contributed by atoms with van der Waals surface area (Å²) < 4.78 is 8.05. The van der Waals surface area contributed by atoms with Gasteiger partial charge in [0, 0.05) is 17.1 Å². The van der Waals surface area contributed by atoms with E-state index in [9.17, 15) is 4.79 Å². The zero-order valence-corrected chi connectivity index (χ0v) is 16.4. The molecule has 28 heavy (non-hydrogen) atoms. The van der Waals surface area contributed by atoms with Crippen molar-refractivity contribution >= 4 is 48.9 Å². The molecule has 0 bridgehead atoms. The Labute approximate surface area is 168 Å². The number of anilines is 1. The van der Waals surface area contributed by atoms with Gasteiger partial charge in [-0.25, -0.2) is 9.97 Å². The van der Waals surface area contributed by atoms with E-state index in [0.29, 0.717) is 10.8 Å². The Kier molecular flexibility index (Phi) is 4.07. The van der Waals surface area contributed by atoms with Gasteiger partial charge >= 0.3 is 0 Å². The number of carbonyl (C=O) groups excluding carboxylic acids is 1. The van der Waals surface area contributed by atoms with Crippen molar-refractivity contribution in [1.29, 1.82) is 0 Å². The quantitative estimate of drug-likeness (QED) is 0.459. The normalized spacial score (nSPS) is 11.2. The molecule has 0 radical (unpaired) electrons. The van der Waals surface area contributed by atoms with E-state index in [1.165, 1.54) is 22.7 Å². The average Bonchev–Trinajstić information content (AvgIpc) is 3.41. The highest BCUT2D eigenvalue weighted by molar-refractivity contribution is 7.22. The number of hydrogen-bond acceptors (Lipinski definition) is 6. The van der Waals surface area contributed by atoms with Gasteiger partial charge < -0.3 is 4.74 Å². The standard InChI is InChI=1S/C20H14N4O2S2/c1-26-13-8-6-12(7-9-13)15-10-24-16(11-27-20(24)22-15)18(25)23-19-21-14-4-2-3-5-17(14)28-19/h2-11H,1H3,(H,21,23,25). The highest BCUT2D eigenvalue weighted by Crippen LogP contribution is 2.28. The van der Waals surface area contributed by atoms with Crippen LogP contribution >= 0.6 is 22.7 Å². The lowest BCUT2D eigenvalue weighted by molar-refractivity contribution is 0.102. The molecule has 1 N–H and O–H groups in total. The number of thiazole rings is 2. The van der Waals surface area contributed by atoms with E-state index in [2.05, 4.69) is 15.3 Å². The minimum atomic E-state index is -0.205. The molecule has 0 atom stereocenters. The van der Waals surface area contributed by atoms with Crippen molar-refractivity contribution in [2.24, 2.45) is 0 Å². The van der Waals surface area contributed by atoms with Gasteiger partial charge in [0.25, 0.3) is 5.91 Å². The lowest BCUT2D eigenvalue weighted by Gasteiger charge is -2.01. The maximum Gasteiger partial charge on any atom is 0.275 e. The van der Waals surface area contributed by atoms with E-state index in [1.807, 2.05) is 64.5 Å². The Hall–Kier alpha value is -3.23. The number of fused-ring (bicyclic) bond motifs is 2. The number of aromatic nitrogens is 3. The third-order valence-corrected chi connectivity index (χ3v) is 6.13. The first-order valence-corrected chi connectivity index (χ1v) is 10.2. The number of hydrogen-bond donors (Lipinski definition) is 1. The summed E-state index contributed by atoms with van der Waals surface area (Å²) in [6.45, 7) is 0. The van der Waals surface area contributed by atoms with Gasteiger partial charge in [-0.2, -0.15) is 0 Å². The van der Waals surface area contributed by atoms with Crippen LogP contribution in [0.15, 0.2) is 60.1 Å². The number of carbonyl (C=O) groups is 1. The van der Waals surface area contributed by atoms with Gasteiger partial charge in [-0.15, -0.1) is 11.3 Å². The summed E-state index contributed by atoms with van der Waals surface area (Å²) in [7, 11) is 1.64. The first kappa shape index (κ1) is 16.9.